The van der Waals surface area contributed by atoms with Crippen molar-refractivity contribution in [3.63, 3.8) is 0 Å². The molecule has 3 rings (SSSR count). The summed E-state index contributed by atoms with van der Waals surface area (Å²) in [6.45, 7) is 0.0391. The second-order valence-electron chi connectivity index (χ2n) is 4.72. The van der Waals surface area contributed by atoms with E-state index in [1.54, 1.807) is 24.3 Å². The van der Waals surface area contributed by atoms with E-state index in [9.17, 15) is 13.6 Å². The first kappa shape index (κ1) is 14.5. The Kier molecular flexibility index (Phi) is 3.81. The second-order valence-corrected chi connectivity index (χ2v) is 5.16. The maximum Gasteiger partial charge on any atom is 0.255 e. The molecule has 1 aliphatic rings. The van der Waals surface area contributed by atoms with E-state index in [4.69, 9.17) is 16.3 Å². The number of benzene rings is 2. The quantitative estimate of drug-likeness (QED) is 0.907. The number of nitrogens with one attached hydrogen (secondary N) is 1. The van der Waals surface area contributed by atoms with Gasteiger partial charge in [0.05, 0.1) is 11.3 Å². The van der Waals surface area contributed by atoms with Crippen molar-refractivity contribution in [2.75, 3.05) is 11.9 Å². The van der Waals surface area contributed by atoms with Crippen LogP contribution in [0.2, 0.25) is 5.02 Å². The minimum absolute atomic E-state index is 0.0391. The van der Waals surface area contributed by atoms with Crippen LogP contribution in [0.4, 0.5) is 14.5 Å². The molecular formula is C16H10ClF2NO2. The Morgan fingerprint density at radius 2 is 2.00 bits per heavy atom. The molecule has 6 heteroatoms. The maximum absolute atomic E-state index is 13.5. The molecule has 0 spiro atoms. The van der Waals surface area contributed by atoms with Gasteiger partial charge in [0.25, 0.3) is 5.91 Å². The van der Waals surface area contributed by atoms with Gasteiger partial charge in [0.15, 0.2) is 0 Å². The van der Waals surface area contributed by atoms with Crippen molar-refractivity contribution in [1.29, 1.82) is 0 Å². The van der Waals surface area contributed by atoms with Gasteiger partial charge in [0.1, 0.15) is 24.0 Å². The normalized spacial score (nSPS) is 13.0. The van der Waals surface area contributed by atoms with Crippen molar-refractivity contribution in [1.82, 2.24) is 0 Å². The first-order chi connectivity index (χ1) is 10.5. The molecule has 3 nitrogen and oxygen atoms in total. The van der Waals surface area contributed by atoms with E-state index in [0.717, 1.165) is 18.2 Å². The Labute approximate surface area is 130 Å². The molecule has 0 saturated heterocycles. The van der Waals surface area contributed by atoms with Gasteiger partial charge in [-0.25, -0.2) is 8.78 Å². The average Bonchev–Trinajstić information content (AvgIpc) is 2.50. The summed E-state index contributed by atoms with van der Waals surface area (Å²) in [6.07, 6.45) is 1.61. The molecule has 1 aliphatic heterocycles. The second kappa shape index (κ2) is 5.77. The monoisotopic (exact) mass is 321 g/mol. The zero-order chi connectivity index (χ0) is 15.7. The minimum Gasteiger partial charge on any atom is -0.488 e. The molecule has 22 heavy (non-hydrogen) atoms. The fraction of sp³-hybridized carbons (Fsp3) is 0.0625. The van der Waals surface area contributed by atoms with Crippen molar-refractivity contribution < 1.29 is 18.3 Å². The first-order valence-corrected chi connectivity index (χ1v) is 6.80. The third-order valence-electron chi connectivity index (χ3n) is 3.15. The zero-order valence-corrected chi connectivity index (χ0v) is 12.0. The highest BCUT2D eigenvalue weighted by Crippen LogP contribution is 2.29. The van der Waals surface area contributed by atoms with E-state index in [1.807, 2.05) is 0 Å². The predicted octanol–water partition coefficient (Wildman–Crippen LogP) is 4.03. The van der Waals surface area contributed by atoms with Crippen LogP contribution in [0.15, 0.2) is 42.0 Å². The molecule has 1 amide bonds. The number of anilines is 1. The lowest BCUT2D eigenvalue weighted by Gasteiger charge is -2.18. The van der Waals surface area contributed by atoms with Crippen molar-refractivity contribution >= 4 is 29.3 Å². The summed E-state index contributed by atoms with van der Waals surface area (Å²) in [5.41, 5.74) is 0.727. The molecule has 0 unspecified atom stereocenters. The average molecular weight is 322 g/mol. The van der Waals surface area contributed by atoms with E-state index in [0.29, 0.717) is 21.9 Å². The molecule has 0 aliphatic carbocycles. The number of rotatable bonds is 2. The lowest BCUT2D eigenvalue weighted by Crippen LogP contribution is -2.21. The van der Waals surface area contributed by atoms with E-state index in [-0.39, 0.29) is 12.3 Å². The molecule has 1 heterocycles. The highest BCUT2D eigenvalue weighted by Gasteiger charge is 2.18. The summed E-state index contributed by atoms with van der Waals surface area (Å²) in [5.74, 6) is -1.30. The highest BCUT2D eigenvalue weighted by atomic mass is 35.5. The number of carbonyl (C=O) groups is 1. The van der Waals surface area contributed by atoms with Crippen LogP contribution in [0, 0.1) is 11.6 Å². The van der Waals surface area contributed by atoms with Crippen LogP contribution in [0.3, 0.4) is 0 Å². The van der Waals surface area contributed by atoms with Crippen molar-refractivity contribution in [3.05, 3.63) is 64.2 Å². The number of hydrogen-bond donors (Lipinski definition) is 1. The van der Waals surface area contributed by atoms with Gasteiger partial charge in [-0.15, -0.1) is 0 Å². The molecule has 112 valence electrons. The van der Waals surface area contributed by atoms with E-state index >= 15 is 0 Å². The van der Waals surface area contributed by atoms with E-state index in [2.05, 4.69) is 5.32 Å². The number of hydrogen-bond acceptors (Lipinski definition) is 2. The summed E-state index contributed by atoms with van der Waals surface area (Å²) in [7, 11) is 0. The zero-order valence-electron chi connectivity index (χ0n) is 11.2. The smallest absolute Gasteiger partial charge is 0.255 e. The minimum atomic E-state index is -0.712. The van der Waals surface area contributed by atoms with Crippen LogP contribution in [-0.4, -0.2) is 12.5 Å². The SMILES string of the molecule is O=C(Nc1cc(F)ccc1F)C1=Cc2cc(Cl)ccc2OC1. The van der Waals surface area contributed by atoms with E-state index < -0.39 is 17.5 Å². The highest BCUT2D eigenvalue weighted by molar-refractivity contribution is 6.30. The topological polar surface area (TPSA) is 38.3 Å². The molecule has 0 aromatic heterocycles. The van der Waals surface area contributed by atoms with Crippen molar-refractivity contribution in [3.8, 4) is 5.75 Å². The summed E-state index contributed by atoms with van der Waals surface area (Å²) < 4.78 is 32.1. The lowest BCUT2D eigenvalue weighted by atomic mass is 10.1. The van der Waals surface area contributed by atoms with Gasteiger partial charge in [0.2, 0.25) is 0 Å². The Bertz CT molecular complexity index is 790. The summed E-state index contributed by atoms with van der Waals surface area (Å²) >= 11 is 5.90. The maximum atomic E-state index is 13.5. The van der Waals surface area contributed by atoms with Gasteiger partial charge in [-0.1, -0.05) is 11.6 Å². The van der Waals surface area contributed by atoms with E-state index in [1.165, 1.54) is 0 Å². The Morgan fingerprint density at radius 3 is 2.82 bits per heavy atom. The van der Waals surface area contributed by atoms with Crippen LogP contribution in [0.25, 0.3) is 6.08 Å². The fourth-order valence-electron chi connectivity index (χ4n) is 2.08. The number of halogens is 3. The Hall–Kier alpha value is -2.40. The number of ether oxygens (including phenoxy) is 1. The summed E-state index contributed by atoms with van der Waals surface area (Å²) in [6, 6.07) is 7.89. The first-order valence-electron chi connectivity index (χ1n) is 6.42. The molecule has 0 atom stereocenters. The predicted molar refractivity (Wildman–Crippen MR) is 79.9 cm³/mol. The number of carbonyl (C=O) groups excluding carboxylic acids is 1. The van der Waals surface area contributed by atoms with Crippen LogP contribution in [0.5, 0.6) is 5.75 Å². The third-order valence-corrected chi connectivity index (χ3v) is 3.39. The third kappa shape index (κ3) is 2.94. The molecular weight excluding hydrogens is 312 g/mol. The molecule has 0 fully saturated rings. The van der Waals surface area contributed by atoms with Crippen LogP contribution < -0.4 is 10.1 Å². The molecule has 0 bridgehead atoms. The Morgan fingerprint density at radius 1 is 1.18 bits per heavy atom. The molecule has 2 aromatic rings. The van der Waals surface area contributed by atoms with Crippen molar-refractivity contribution in [2.24, 2.45) is 0 Å². The lowest BCUT2D eigenvalue weighted by molar-refractivity contribution is -0.113. The fourth-order valence-corrected chi connectivity index (χ4v) is 2.26. The van der Waals surface area contributed by atoms with Gasteiger partial charge in [-0.05, 0) is 36.4 Å². The van der Waals surface area contributed by atoms with Gasteiger partial charge in [-0.2, -0.15) is 0 Å². The number of amides is 1. The van der Waals surface area contributed by atoms with Gasteiger partial charge in [-0.3, -0.25) is 4.79 Å². The molecule has 0 saturated carbocycles. The standard InChI is InChI=1S/C16H10ClF2NO2/c17-11-1-4-15-9(6-11)5-10(8-22-15)16(21)20-14-7-12(18)2-3-13(14)19/h1-7H,8H2,(H,20,21). The summed E-state index contributed by atoms with van der Waals surface area (Å²) in [4.78, 5) is 12.1. The molecule has 0 radical (unpaired) electrons. The van der Waals surface area contributed by atoms with Gasteiger partial charge >= 0.3 is 0 Å². The largest absolute Gasteiger partial charge is 0.488 e. The summed E-state index contributed by atoms with van der Waals surface area (Å²) in [5, 5.41) is 2.84. The molecule has 2 aromatic carbocycles. The van der Waals surface area contributed by atoms with Crippen LogP contribution in [0.1, 0.15) is 5.56 Å². The van der Waals surface area contributed by atoms with Crippen molar-refractivity contribution in [2.45, 2.75) is 0 Å². The van der Waals surface area contributed by atoms with Crippen LogP contribution in [-0.2, 0) is 4.79 Å². The number of fused-ring (bicyclic) bond motifs is 1. The van der Waals surface area contributed by atoms with Gasteiger partial charge < -0.3 is 10.1 Å². The molecule has 1 N–H and O–H groups in total. The Balaban J connectivity index is 1.85. The van der Waals surface area contributed by atoms with Gasteiger partial charge in [0, 0.05) is 16.7 Å². The van der Waals surface area contributed by atoms with Crippen LogP contribution >= 0.6 is 11.6 Å².